The molecule has 0 saturated carbocycles. The van der Waals surface area contributed by atoms with E-state index in [1.54, 1.807) is 6.92 Å². The first kappa shape index (κ1) is 22.6. The number of amides is 1. The lowest BCUT2D eigenvalue weighted by Gasteiger charge is -2.21. The number of hydrogen-bond acceptors (Lipinski definition) is 4. The van der Waals surface area contributed by atoms with E-state index >= 15 is 0 Å². The molecule has 0 radical (unpaired) electrons. The number of halogens is 2. The van der Waals surface area contributed by atoms with Crippen molar-refractivity contribution in [3.8, 4) is 0 Å². The van der Waals surface area contributed by atoms with E-state index in [0.29, 0.717) is 6.61 Å². The van der Waals surface area contributed by atoms with Crippen LogP contribution in [0.15, 0.2) is 53.4 Å². The average Bonchev–Trinajstić information content (AvgIpc) is 2.64. The van der Waals surface area contributed by atoms with Crippen LogP contribution in [0.25, 0.3) is 0 Å². The Balaban J connectivity index is 2.29. The van der Waals surface area contributed by atoms with E-state index in [1.165, 1.54) is 25.3 Å². The Bertz CT molecular complexity index is 907. The summed E-state index contributed by atoms with van der Waals surface area (Å²) >= 11 is 11.9. The van der Waals surface area contributed by atoms with Gasteiger partial charge in [0.1, 0.15) is 10.9 Å². The number of carbonyl (C=O) groups excluding carboxylic acids is 1. The highest BCUT2D eigenvalue weighted by Gasteiger charge is 2.28. The van der Waals surface area contributed by atoms with E-state index in [0.717, 1.165) is 5.56 Å². The first-order valence-electron chi connectivity index (χ1n) is 8.53. The maximum Gasteiger partial charge on any atom is 0.242 e. The molecule has 0 aliphatic carbocycles. The summed E-state index contributed by atoms with van der Waals surface area (Å²) in [6.45, 7) is 2.07. The van der Waals surface area contributed by atoms with Crippen LogP contribution in [0.5, 0.6) is 0 Å². The highest BCUT2D eigenvalue weighted by molar-refractivity contribution is 7.89. The summed E-state index contributed by atoms with van der Waals surface area (Å²) < 4.78 is 33.2. The largest absolute Gasteiger partial charge is 0.383 e. The molecule has 2 rings (SSSR count). The second-order valence-electron chi connectivity index (χ2n) is 6.30. The third-order valence-corrected chi connectivity index (χ3v) is 6.07. The van der Waals surface area contributed by atoms with Gasteiger partial charge in [-0.2, -0.15) is 4.72 Å². The topological polar surface area (TPSA) is 84.5 Å². The van der Waals surface area contributed by atoms with Gasteiger partial charge in [-0.25, -0.2) is 8.42 Å². The van der Waals surface area contributed by atoms with E-state index in [4.69, 9.17) is 27.9 Å². The fraction of sp³-hybridized carbons (Fsp3) is 0.316. The molecule has 0 bridgehead atoms. The van der Waals surface area contributed by atoms with Crippen LogP contribution < -0.4 is 10.0 Å². The van der Waals surface area contributed by atoms with E-state index in [9.17, 15) is 13.2 Å². The van der Waals surface area contributed by atoms with Crippen LogP contribution in [0.1, 0.15) is 12.5 Å². The molecule has 9 heteroatoms. The van der Waals surface area contributed by atoms with Gasteiger partial charge in [-0.3, -0.25) is 4.79 Å². The predicted molar refractivity (Wildman–Crippen MR) is 110 cm³/mol. The van der Waals surface area contributed by atoms with Gasteiger partial charge in [0.15, 0.2) is 0 Å². The van der Waals surface area contributed by atoms with E-state index in [2.05, 4.69) is 10.0 Å². The fourth-order valence-corrected chi connectivity index (χ4v) is 4.56. The first-order chi connectivity index (χ1) is 13.2. The molecule has 0 aromatic heterocycles. The molecular formula is C19H22Cl2N2O4S. The second kappa shape index (κ2) is 10.2. The molecule has 0 aliphatic rings. The van der Waals surface area contributed by atoms with Crippen molar-refractivity contribution in [3.63, 3.8) is 0 Å². The molecule has 0 aliphatic heterocycles. The molecule has 0 saturated heterocycles. The summed E-state index contributed by atoms with van der Waals surface area (Å²) in [6, 6.07) is 11.9. The maximum atomic E-state index is 12.9. The van der Waals surface area contributed by atoms with Gasteiger partial charge in [0.2, 0.25) is 15.9 Å². The predicted octanol–water partition coefficient (Wildman–Crippen LogP) is 3.03. The molecule has 0 fully saturated rings. The minimum absolute atomic E-state index is 0.0171. The zero-order valence-electron chi connectivity index (χ0n) is 15.5. The molecule has 2 aromatic rings. The summed E-state index contributed by atoms with van der Waals surface area (Å²) in [7, 11) is -2.56. The van der Waals surface area contributed by atoms with E-state index in [1.807, 2.05) is 30.3 Å². The molecule has 2 aromatic carbocycles. The Morgan fingerprint density at radius 2 is 1.82 bits per heavy atom. The molecule has 0 spiro atoms. The van der Waals surface area contributed by atoms with E-state index in [-0.39, 0.29) is 27.4 Å². The molecule has 152 valence electrons. The van der Waals surface area contributed by atoms with E-state index < -0.39 is 22.0 Å². The summed E-state index contributed by atoms with van der Waals surface area (Å²) in [4.78, 5) is 12.6. The van der Waals surface area contributed by atoms with Gasteiger partial charge in [0.05, 0.1) is 11.6 Å². The first-order valence-corrected chi connectivity index (χ1v) is 10.8. The number of sulfonamides is 1. The highest BCUT2D eigenvalue weighted by atomic mass is 35.5. The van der Waals surface area contributed by atoms with Crippen LogP contribution in [0.3, 0.4) is 0 Å². The van der Waals surface area contributed by atoms with Gasteiger partial charge >= 0.3 is 0 Å². The van der Waals surface area contributed by atoms with Crippen molar-refractivity contribution in [2.24, 2.45) is 0 Å². The number of ether oxygens (including phenoxy) is 1. The minimum atomic E-state index is -4.08. The van der Waals surface area contributed by atoms with Crippen LogP contribution >= 0.6 is 23.2 Å². The quantitative estimate of drug-likeness (QED) is 0.622. The summed E-state index contributed by atoms with van der Waals surface area (Å²) in [5, 5.41) is 2.99. The summed E-state index contributed by atoms with van der Waals surface area (Å²) in [6.07, 6.45) is 0.170. The maximum absolute atomic E-state index is 12.9. The van der Waals surface area contributed by atoms with Crippen molar-refractivity contribution in [2.75, 3.05) is 13.7 Å². The number of nitrogens with one attached hydrogen (secondary N) is 2. The monoisotopic (exact) mass is 444 g/mol. The van der Waals surface area contributed by atoms with Gasteiger partial charge in [0, 0.05) is 18.2 Å². The highest BCUT2D eigenvalue weighted by Crippen LogP contribution is 2.25. The van der Waals surface area contributed by atoms with Gasteiger partial charge in [-0.15, -0.1) is 0 Å². The number of benzene rings is 2. The minimum Gasteiger partial charge on any atom is -0.383 e. The molecule has 2 N–H and O–H groups in total. The normalized spacial score (nSPS) is 13.7. The van der Waals surface area contributed by atoms with Gasteiger partial charge in [-0.05, 0) is 37.1 Å². The van der Waals surface area contributed by atoms with Crippen molar-refractivity contribution in [1.82, 2.24) is 10.0 Å². The third kappa shape index (κ3) is 6.46. The summed E-state index contributed by atoms with van der Waals surface area (Å²) in [5.74, 6) is -0.463. The Kier molecular flexibility index (Phi) is 8.27. The lowest BCUT2D eigenvalue weighted by molar-refractivity contribution is -0.123. The van der Waals surface area contributed by atoms with Crippen LogP contribution in [-0.2, 0) is 26.0 Å². The van der Waals surface area contributed by atoms with Gasteiger partial charge in [0.25, 0.3) is 0 Å². The zero-order chi connectivity index (χ0) is 20.7. The van der Waals surface area contributed by atoms with Crippen LogP contribution in [-0.4, -0.2) is 40.1 Å². The number of hydrogen-bond donors (Lipinski definition) is 2. The van der Waals surface area contributed by atoms with Crippen molar-refractivity contribution < 1.29 is 17.9 Å². The Hall–Kier alpha value is -1.64. The lowest BCUT2D eigenvalue weighted by Crippen LogP contribution is -2.50. The fourth-order valence-electron chi connectivity index (χ4n) is 2.61. The lowest BCUT2D eigenvalue weighted by atomic mass is 10.1. The van der Waals surface area contributed by atoms with Crippen LogP contribution in [0, 0.1) is 0 Å². The number of methoxy groups -OCH3 is 1. The standard InChI is InChI=1S/C19H22Cl2N2O4S/c1-13(12-27-2)22-19(24)17(10-14-6-4-3-5-7-14)23-28(25,26)18-11-15(20)8-9-16(18)21/h3-9,11,13,17,23H,10,12H2,1-2H3,(H,22,24)/t13-,17-/m1/s1. The van der Waals surface area contributed by atoms with Crippen molar-refractivity contribution in [3.05, 3.63) is 64.1 Å². The molecule has 28 heavy (non-hydrogen) atoms. The third-order valence-electron chi connectivity index (χ3n) is 3.88. The molecular weight excluding hydrogens is 423 g/mol. The zero-order valence-corrected chi connectivity index (χ0v) is 17.8. The average molecular weight is 445 g/mol. The van der Waals surface area contributed by atoms with Crippen molar-refractivity contribution in [1.29, 1.82) is 0 Å². The van der Waals surface area contributed by atoms with Crippen LogP contribution in [0.2, 0.25) is 10.0 Å². The SMILES string of the molecule is COC[C@@H](C)NC(=O)[C@@H](Cc1ccccc1)NS(=O)(=O)c1cc(Cl)ccc1Cl. The molecule has 2 atom stereocenters. The van der Waals surface area contributed by atoms with Crippen LogP contribution in [0.4, 0.5) is 0 Å². The Labute approximate surface area is 175 Å². The van der Waals surface area contributed by atoms with Crippen molar-refractivity contribution >= 4 is 39.1 Å². The number of carbonyl (C=O) groups is 1. The summed E-state index contributed by atoms with van der Waals surface area (Å²) in [5.41, 5.74) is 0.807. The molecule has 0 heterocycles. The number of rotatable bonds is 9. The second-order valence-corrected chi connectivity index (χ2v) is 8.83. The van der Waals surface area contributed by atoms with Gasteiger partial charge in [-0.1, -0.05) is 53.5 Å². The van der Waals surface area contributed by atoms with Crippen molar-refractivity contribution in [2.45, 2.75) is 30.3 Å². The Morgan fingerprint density at radius 3 is 2.46 bits per heavy atom. The molecule has 0 unspecified atom stereocenters. The molecule has 1 amide bonds. The molecule has 6 nitrogen and oxygen atoms in total. The Morgan fingerprint density at radius 1 is 1.14 bits per heavy atom. The smallest absolute Gasteiger partial charge is 0.242 e. The van der Waals surface area contributed by atoms with Gasteiger partial charge < -0.3 is 10.1 Å².